The van der Waals surface area contributed by atoms with Gasteiger partial charge in [-0.25, -0.2) is 0 Å². The molecule has 0 aromatic carbocycles. The number of hydrogen-bond donors (Lipinski definition) is 2. The first-order valence-corrected chi connectivity index (χ1v) is 9.09. The number of hydrogen-bond acceptors (Lipinski definition) is 1. The molecule has 0 saturated heterocycles. The Morgan fingerprint density at radius 3 is 2.52 bits per heavy atom. The Balaban J connectivity index is 1.81. The quantitative estimate of drug-likeness (QED) is 0.566. The van der Waals surface area contributed by atoms with E-state index in [9.17, 15) is 0 Å². The van der Waals surface area contributed by atoms with E-state index < -0.39 is 0 Å². The van der Waals surface area contributed by atoms with Gasteiger partial charge in [-0.05, 0) is 55.9 Å². The van der Waals surface area contributed by atoms with Gasteiger partial charge in [-0.2, -0.15) is 0 Å². The van der Waals surface area contributed by atoms with Gasteiger partial charge in [0.25, 0.3) is 0 Å². The molecule has 0 aliphatic heterocycles. The second-order valence-corrected chi connectivity index (χ2v) is 6.86. The zero-order chi connectivity index (χ0) is 16.2. The molecule has 1 saturated carbocycles. The summed E-state index contributed by atoms with van der Waals surface area (Å²) in [6.07, 6.45) is 13.2. The average Bonchev–Trinajstić information content (AvgIpc) is 3.03. The van der Waals surface area contributed by atoms with Gasteiger partial charge in [-0.3, -0.25) is 4.99 Å². The van der Waals surface area contributed by atoms with Crippen LogP contribution in [0.4, 0.5) is 0 Å². The largest absolute Gasteiger partial charge is 0.360 e. The number of nitrogens with one attached hydrogen (secondary N) is 2. The normalized spacial score (nSPS) is 17.0. The highest BCUT2D eigenvalue weighted by molar-refractivity contribution is 5.83. The third kappa shape index (κ3) is 3.60. The van der Waals surface area contributed by atoms with Crippen LogP contribution in [0.15, 0.2) is 17.3 Å². The van der Waals surface area contributed by atoms with E-state index in [1.807, 2.05) is 0 Å². The zero-order valence-electron chi connectivity index (χ0n) is 14.7. The molecule has 1 aliphatic carbocycles. The smallest absolute Gasteiger partial charge is 0.0657 e. The van der Waals surface area contributed by atoms with E-state index in [1.165, 1.54) is 66.6 Å². The van der Waals surface area contributed by atoms with Crippen molar-refractivity contribution in [2.45, 2.75) is 71.8 Å². The summed E-state index contributed by atoms with van der Waals surface area (Å²) in [5.74, 6) is 0. The Bertz CT molecular complexity index is 667. The minimum Gasteiger partial charge on any atom is -0.360 e. The second-order valence-electron chi connectivity index (χ2n) is 6.86. The van der Waals surface area contributed by atoms with Crippen LogP contribution in [-0.2, 0) is 6.42 Å². The van der Waals surface area contributed by atoms with Crippen molar-refractivity contribution in [1.82, 2.24) is 9.97 Å². The minimum absolute atomic E-state index is 0.515. The van der Waals surface area contributed by atoms with E-state index in [0.29, 0.717) is 6.04 Å². The van der Waals surface area contributed by atoms with Crippen molar-refractivity contribution in [2.75, 3.05) is 0 Å². The highest BCUT2D eigenvalue weighted by Crippen LogP contribution is 2.27. The highest BCUT2D eigenvalue weighted by Gasteiger charge is 2.14. The summed E-state index contributed by atoms with van der Waals surface area (Å²) >= 11 is 0. The van der Waals surface area contributed by atoms with Gasteiger partial charge in [0.05, 0.1) is 23.1 Å². The van der Waals surface area contributed by atoms with Crippen LogP contribution >= 0.6 is 0 Å². The monoisotopic (exact) mass is 311 g/mol. The van der Waals surface area contributed by atoms with Crippen molar-refractivity contribution in [2.24, 2.45) is 4.99 Å². The van der Waals surface area contributed by atoms with Crippen molar-refractivity contribution in [3.63, 3.8) is 0 Å². The third-order valence-corrected chi connectivity index (χ3v) is 5.26. The molecule has 3 nitrogen and oxygen atoms in total. The van der Waals surface area contributed by atoms with Gasteiger partial charge in [0, 0.05) is 12.4 Å². The van der Waals surface area contributed by atoms with Crippen LogP contribution < -0.4 is 0 Å². The maximum Gasteiger partial charge on any atom is 0.0657 e. The molecule has 0 bridgehead atoms. The van der Waals surface area contributed by atoms with Gasteiger partial charge in [0.2, 0.25) is 0 Å². The average molecular weight is 311 g/mol. The van der Waals surface area contributed by atoms with Crippen LogP contribution in [0.3, 0.4) is 0 Å². The second kappa shape index (κ2) is 7.20. The molecule has 1 fully saturated rings. The van der Waals surface area contributed by atoms with Crippen molar-refractivity contribution in [3.05, 3.63) is 34.6 Å². The van der Waals surface area contributed by atoms with Crippen molar-refractivity contribution < 1.29 is 0 Å². The number of aliphatic imine (C=N–C) groups is 1. The Morgan fingerprint density at radius 2 is 1.87 bits per heavy atom. The number of aromatic amines is 2. The molecule has 2 N–H and O–H groups in total. The van der Waals surface area contributed by atoms with Crippen molar-refractivity contribution in [1.29, 1.82) is 0 Å². The number of H-pyrrole nitrogens is 2. The van der Waals surface area contributed by atoms with Crippen LogP contribution in [-0.4, -0.2) is 22.2 Å². The van der Waals surface area contributed by atoms with Crippen LogP contribution in [0.5, 0.6) is 0 Å². The third-order valence-electron chi connectivity index (χ3n) is 5.26. The summed E-state index contributed by atoms with van der Waals surface area (Å²) in [5, 5.41) is 0. The van der Waals surface area contributed by atoms with Crippen LogP contribution in [0, 0.1) is 13.8 Å². The topological polar surface area (TPSA) is 43.9 Å². The van der Waals surface area contributed by atoms with Gasteiger partial charge in [-0.1, -0.05) is 32.6 Å². The molecular formula is C20H29N3. The van der Waals surface area contributed by atoms with Gasteiger partial charge in [-0.15, -0.1) is 0 Å². The number of rotatable bonds is 4. The highest BCUT2D eigenvalue weighted by atomic mass is 14.8. The molecule has 124 valence electrons. The molecule has 0 spiro atoms. The van der Waals surface area contributed by atoms with Crippen LogP contribution in [0.2, 0.25) is 0 Å². The fourth-order valence-corrected chi connectivity index (χ4v) is 3.48. The Labute approximate surface area is 139 Å². The number of aromatic nitrogens is 2. The molecule has 3 heteroatoms. The lowest BCUT2D eigenvalue weighted by Crippen LogP contribution is -2.03. The lowest BCUT2D eigenvalue weighted by Gasteiger charge is -2.07. The van der Waals surface area contributed by atoms with Gasteiger partial charge < -0.3 is 9.97 Å². The molecule has 2 heterocycles. The molecule has 2 aromatic heterocycles. The molecule has 1 aliphatic rings. The van der Waals surface area contributed by atoms with E-state index >= 15 is 0 Å². The summed E-state index contributed by atoms with van der Waals surface area (Å²) < 4.78 is 0. The first-order chi connectivity index (χ1) is 11.2. The summed E-state index contributed by atoms with van der Waals surface area (Å²) in [7, 11) is 0. The van der Waals surface area contributed by atoms with Crippen molar-refractivity contribution >= 4 is 6.21 Å². The molecule has 0 amide bonds. The lowest BCUT2D eigenvalue weighted by atomic mass is 10.1. The summed E-state index contributed by atoms with van der Waals surface area (Å²) in [6.45, 7) is 6.56. The molecule has 0 unspecified atom stereocenters. The predicted octanol–water partition coefficient (Wildman–Crippen LogP) is 5.33. The van der Waals surface area contributed by atoms with Gasteiger partial charge in [0.15, 0.2) is 0 Å². The fraction of sp³-hybridized carbons (Fsp3) is 0.550. The molecule has 0 atom stereocenters. The minimum atomic E-state index is 0.515. The SMILES string of the molecule is CCc1c[nH]c(-c2[nH]c(C=NC3CCCCCC3)c(C)c2C)c1. The molecule has 3 rings (SSSR count). The maximum absolute atomic E-state index is 4.88. The van der Waals surface area contributed by atoms with Crippen molar-refractivity contribution in [3.8, 4) is 11.4 Å². The zero-order valence-corrected chi connectivity index (χ0v) is 14.7. The molecule has 0 radical (unpaired) electrons. The predicted molar refractivity (Wildman–Crippen MR) is 98.5 cm³/mol. The number of nitrogens with zero attached hydrogens (tertiary/aromatic N) is 1. The van der Waals surface area contributed by atoms with E-state index in [1.54, 1.807) is 0 Å². The van der Waals surface area contributed by atoms with Crippen LogP contribution in [0.1, 0.15) is 67.8 Å². The summed E-state index contributed by atoms with van der Waals surface area (Å²) in [4.78, 5) is 11.8. The first kappa shape index (κ1) is 16.1. The van der Waals surface area contributed by atoms with E-state index in [0.717, 1.165) is 12.1 Å². The Hall–Kier alpha value is -1.77. The van der Waals surface area contributed by atoms with Gasteiger partial charge >= 0.3 is 0 Å². The standard InChI is InChI=1S/C20H29N3/c1-4-16-11-18(22-12-16)20-15(3)14(2)19(23-20)13-21-17-9-7-5-6-8-10-17/h11-13,17,22-23H,4-10H2,1-3H3. The van der Waals surface area contributed by atoms with Gasteiger partial charge in [0.1, 0.15) is 0 Å². The van der Waals surface area contributed by atoms with Crippen LogP contribution in [0.25, 0.3) is 11.4 Å². The Morgan fingerprint density at radius 1 is 1.13 bits per heavy atom. The molecule has 2 aromatic rings. The molecular weight excluding hydrogens is 282 g/mol. The fourth-order valence-electron chi connectivity index (χ4n) is 3.48. The Kier molecular flexibility index (Phi) is 5.04. The number of aryl methyl sites for hydroxylation is 1. The first-order valence-electron chi connectivity index (χ1n) is 9.09. The summed E-state index contributed by atoms with van der Waals surface area (Å²) in [5.41, 5.74) is 7.51. The van der Waals surface area contributed by atoms with E-state index in [-0.39, 0.29) is 0 Å². The van der Waals surface area contributed by atoms with E-state index in [4.69, 9.17) is 4.99 Å². The maximum atomic E-state index is 4.88. The van der Waals surface area contributed by atoms with E-state index in [2.05, 4.69) is 49.2 Å². The molecule has 23 heavy (non-hydrogen) atoms. The summed E-state index contributed by atoms with van der Waals surface area (Å²) in [6, 6.07) is 2.76. The lowest BCUT2D eigenvalue weighted by molar-refractivity contribution is 0.588.